The van der Waals surface area contributed by atoms with Gasteiger partial charge in [0, 0.05) is 29.4 Å². The van der Waals surface area contributed by atoms with Crippen LogP contribution in [0, 0.1) is 0 Å². The molecule has 2 aliphatic heterocycles. The molecule has 1 fully saturated rings. The number of thioether (sulfide) groups is 1. The predicted octanol–water partition coefficient (Wildman–Crippen LogP) is 1.10. The van der Waals surface area contributed by atoms with Crippen LogP contribution in [0.1, 0.15) is 6.42 Å². The highest BCUT2D eigenvalue weighted by molar-refractivity contribution is 8.01. The monoisotopic (exact) mass is 339 g/mol. The first-order valence-corrected chi connectivity index (χ1v) is 8.10. The molecule has 116 valence electrons. The summed E-state index contributed by atoms with van der Waals surface area (Å²) in [5.74, 6) is -0.560. The average molecular weight is 340 g/mol. The van der Waals surface area contributed by atoms with Crippen LogP contribution in [-0.4, -0.2) is 47.5 Å². The zero-order valence-electron chi connectivity index (χ0n) is 11.6. The Balaban J connectivity index is 1.68. The van der Waals surface area contributed by atoms with Crippen molar-refractivity contribution >= 4 is 46.8 Å². The predicted molar refractivity (Wildman–Crippen MR) is 83.9 cm³/mol. The normalized spacial score (nSPS) is 21.0. The van der Waals surface area contributed by atoms with E-state index in [1.165, 1.54) is 16.7 Å². The standard InChI is InChI=1S/C14H14ClN3O3S/c15-8-1-2-10-9(5-8)17-14(21)11(22-10)6-13(20)18-4-3-16-12(19)7-18/h1-2,5,11H,3-4,6-7H2,(H,16,19)(H,17,21)/t11-/m0/s1. The molecule has 1 atom stereocenters. The van der Waals surface area contributed by atoms with Crippen LogP contribution in [0.5, 0.6) is 0 Å². The molecule has 0 spiro atoms. The van der Waals surface area contributed by atoms with Crippen molar-refractivity contribution in [2.75, 3.05) is 25.0 Å². The van der Waals surface area contributed by atoms with E-state index < -0.39 is 5.25 Å². The summed E-state index contributed by atoms with van der Waals surface area (Å²) in [5, 5.41) is 5.50. The van der Waals surface area contributed by atoms with E-state index in [-0.39, 0.29) is 30.7 Å². The first-order valence-electron chi connectivity index (χ1n) is 6.84. The molecule has 0 radical (unpaired) electrons. The van der Waals surface area contributed by atoms with Crippen LogP contribution in [0.15, 0.2) is 23.1 Å². The Morgan fingerprint density at radius 1 is 1.41 bits per heavy atom. The van der Waals surface area contributed by atoms with Gasteiger partial charge in [-0.3, -0.25) is 14.4 Å². The molecule has 2 heterocycles. The van der Waals surface area contributed by atoms with E-state index in [9.17, 15) is 14.4 Å². The summed E-state index contributed by atoms with van der Waals surface area (Å²) in [6, 6.07) is 5.26. The molecular weight excluding hydrogens is 326 g/mol. The number of hydrogen-bond donors (Lipinski definition) is 2. The van der Waals surface area contributed by atoms with Gasteiger partial charge in [-0.2, -0.15) is 0 Å². The molecule has 0 unspecified atom stereocenters. The fourth-order valence-electron chi connectivity index (χ4n) is 2.40. The lowest BCUT2D eigenvalue weighted by Gasteiger charge is -2.29. The van der Waals surface area contributed by atoms with Gasteiger partial charge >= 0.3 is 0 Å². The molecule has 1 saturated heterocycles. The van der Waals surface area contributed by atoms with Gasteiger partial charge < -0.3 is 15.5 Å². The molecule has 2 aliphatic rings. The van der Waals surface area contributed by atoms with E-state index >= 15 is 0 Å². The molecule has 0 bridgehead atoms. The van der Waals surface area contributed by atoms with Gasteiger partial charge in [0.1, 0.15) is 0 Å². The number of halogens is 1. The Hall–Kier alpha value is -1.73. The number of anilines is 1. The van der Waals surface area contributed by atoms with Gasteiger partial charge in [0.05, 0.1) is 17.5 Å². The summed E-state index contributed by atoms with van der Waals surface area (Å²) in [5.41, 5.74) is 0.670. The number of nitrogens with one attached hydrogen (secondary N) is 2. The number of carbonyl (C=O) groups excluding carboxylic acids is 3. The van der Waals surface area contributed by atoms with Crippen LogP contribution in [0.3, 0.4) is 0 Å². The number of rotatable bonds is 2. The van der Waals surface area contributed by atoms with Crippen molar-refractivity contribution in [3.63, 3.8) is 0 Å². The maximum Gasteiger partial charge on any atom is 0.239 e. The molecule has 0 saturated carbocycles. The van der Waals surface area contributed by atoms with Crippen LogP contribution < -0.4 is 10.6 Å². The minimum atomic E-state index is -0.494. The third-order valence-electron chi connectivity index (χ3n) is 3.51. The van der Waals surface area contributed by atoms with Crippen molar-refractivity contribution in [3.05, 3.63) is 23.2 Å². The maximum absolute atomic E-state index is 12.3. The number of benzene rings is 1. The number of fused-ring (bicyclic) bond motifs is 1. The molecule has 2 N–H and O–H groups in total. The Labute approximate surface area is 136 Å². The molecule has 22 heavy (non-hydrogen) atoms. The van der Waals surface area contributed by atoms with Crippen LogP contribution in [0.2, 0.25) is 5.02 Å². The number of nitrogens with zero attached hydrogens (tertiary/aromatic N) is 1. The maximum atomic E-state index is 12.3. The van der Waals surface area contributed by atoms with Gasteiger partial charge in [0.2, 0.25) is 17.7 Å². The van der Waals surface area contributed by atoms with Gasteiger partial charge in [-0.05, 0) is 18.2 Å². The highest BCUT2D eigenvalue weighted by Gasteiger charge is 2.31. The van der Waals surface area contributed by atoms with Crippen LogP contribution >= 0.6 is 23.4 Å². The lowest BCUT2D eigenvalue weighted by molar-refractivity contribution is -0.138. The molecule has 3 amide bonds. The minimum Gasteiger partial charge on any atom is -0.353 e. The Morgan fingerprint density at radius 3 is 3.00 bits per heavy atom. The van der Waals surface area contributed by atoms with Crippen molar-refractivity contribution in [3.8, 4) is 0 Å². The molecule has 3 rings (SSSR count). The molecule has 0 aliphatic carbocycles. The van der Waals surface area contributed by atoms with Gasteiger partial charge in [-0.15, -0.1) is 11.8 Å². The molecule has 8 heteroatoms. The average Bonchev–Trinajstić information content (AvgIpc) is 2.48. The third-order valence-corrected chi connectivity index (χ3v) is 5.02. The van der Waals surface area contributed by atoms with Crippen LogP contribution in [-0.2, 0) is 14.4 Å². The summed E-state index contributed by atoms with van der Waals surface area (Å²) < 4.78 is 0. The Kier molecular flexibility index (Phi) is 4.26. The summed E-state index contributed by atoms with van der Waals surface area (Å²) in [6.45, 7) is 0.996. The quantitative estimate of drug-likeness (QED) is 0.845. The molecular formula is C14H14ClN3O3S. The van der Waals surface area contributed by atoms with Gasteiger partial charge in [0.15, 0.2) is 0 Å². The second-order valence-electron chi connectivity index (χ2n) is 5.11. The van der Waals surface area contributed by atoms with Crippen LogP contribution in [0.25, 0.3) is 0 Å². The molecule has 0 aromatic heterocycles. The van der Waals surface area contributed by atoms with Crippen LogP contribution in [0.4, 0.5) is 5.69 Å². The van der Waals surface area contributed by atoms with Gasteiger partial charge in [0.25, 0.3) is 0 Å². The first kappa shape index (κ1) is 15.2. The number of hydrogen-bond acceptors (Lipinski definition) is 4. The second-order valence-corrected chi connectivity index (χ2v) is 6.79. The highest BCUT2D eigenvalue weighted by Crippen LogP contribution is 2.38. The van der Waals surface area contributed by atoms with E-state index in [1.54, 1.807) is 12.1 Å². The molecule has 1 aromatic rings. The van der Waals surface area contributed by atoms with Crippen molar-refractivity contribution in [2.45, 2.75) is 16.6 Å². The highest BCUT2D eigenvalue weighted by atomic mass is 35.5. The Morgan fingerprint density at radius 2 is 2.23 bits per heavy atom. The molecule has 1 aromatic carbocycles. The number of carbonyl (C=O) groups is 3. The SMILES string of the molecule is O=C1CN(C(=O)C[C@@H]2Sc3ccc(Cl)cc3NC2=O)CCN1. The van der Waals surface area contributed by atoms with Gasteiger partial charge in [-0.1, -0.05) is 11.6 Å². The number of amides is 3. The van der Waals surface area contributed by atoms with Crippen molar-refractivity contribution in [1.29, 1.82) is 0 Å². The van der Waals surface area contributed by atoms with E-state index in [4.69, 9.17) is 11.6 Å². The van der Waals surface area contributed by atoms with Crippen molar-refractivity contribution < 1.29 is 14.4 Å². The van der Waals surface area contributed by atoms with E-state index in [1.807, 2.05) is 6.07 Å². The topological polar surface area (TPSA) is 78.5 Å². The van der Waals surface area contributed by atoms with E-state index in [0.717, 1.165) is 4.90 Å². The largest absolute Gasteiger partial charge is 0.353 e. The fraction of sp³-hybridized carbons (Fsp3) is 0.357. The lowest BCUT2D eigenvalue weighted by Crippen LogP contribution is -2.50. The summed E-state index contributed by atoms with van der Waals surface area (Å²) in [7, 11) is 0. The van der Waals surface area contributed by atoms with Crippen molar-refractivity contribution in [2.24, 2.45) is 0 Å². The Bertz CT molecular complexity index is 652. The van der Waals surface area contributed by atoms with E-state index in [2.05, 4.69) is 10.6 Å². The first-order chi connectivity index (χ1) is 10.5. The summed E-state index contributed by atoms with van der Waals surface area (Å²) in [6.07, 6.45) is 0.0752. The third kappa shape index (κ3) is 3.20. The summed E-state index contributed by atoms with van der Waals surface area (Å²) >= 11 is 7.25. The smallest absolute Gasteiger partial charge is 0.239 e. The zero-order chi connectivity index (χ0) is 15.7. The second kappa shape index (κ2) is 6.18. The molecule has 6 nitrogen and oxygen atoms in total. The summed E-state index contributed by atoms with van der Waals surface area (Å²) in [4.78, 5) is 38.1. The van der Waals surface area contributed by atoms with Crippen molar-refractivity contribution in [1.82, 2.24) is 10.2 Å². The fourth-order valence-corrected chi connectivity index (χ4v) is 3.65. The van der Waals surface area contributed by atoms with Gasteiger partial charge in [-0.25, -0.2) is 0 Å². The minimum absolute atomic E-state index is 0.0596. The zero-order valence-corrected chi connectivity index (χ0v) is 13.2. The lowest BCUT2D eigenvalue weighted by atomic mass is 10.2. The van der Waals surface area contributed by atoms with E-state index in [0.29, 0.717) is 23.8 Å². The number of piperazine rings is 1.